The van der Waals surface area contributed by atoms with Crippen LogP contribution in [0, 0.1) is 0 Å². The lowest BCUT2D eigenvalue weighted by atomic mass is 9.92. The Balaban J connectivity index is 1.83. The first kappa shape index (κ1) is 24.2. The predicted molar refractivity (Wildman–Crippen MR) is 133 cm³/mol. The van der Waals surface area contributed by atoms with Crippen LogP contribution in [0.5, 0.6) is 11.5 Å². The average Bonchev–Trinajstić information content (AvgIpc) is 2.87. The minimum atomic E-state index is -0.845. The van der Waals surface area contributed by atoms with Gasteiger partial charge in [-0.25, -0.2) is 9.59 Å². The van der Waals surface area contributed by atoms with Gasteiger partial charge in [-0.1, -0.05) is 66.2 Å². The molecule has 7 nitrogen and oxygen atoms in total. The summed E-state index contributed by atoms with van der Waals surface area (Å²) in [6.45, 7) is 2.12. The number of ether oxygens (including phenoxy) is 3. The Morgan fingerprint density at radius 3 is 2.51 bits per heavy atom. The van der Waals surface area contributed by atoms with E-state index < -0.39 is 18.0 Å². The van der Waals surface area contributed by atoms with E-state index in [0.717, 1.165) is 5.56 Å². The number of urea groups is 1. The Hall–Kier alpha value is -3.97. The second-order valence-electron chi connectivity index (χ2n) is 7.70. The van der Waals surface area contributed by atoms with Crippen molar-refractivity contribution in [2.45, 2.75) is 19.6 Å². The van der Waals surface area contributed by atoms with Gasteiger partial charge in [-0.2, -0.15) is 0 Å². The smallest absolute Gasteiger partial charge is 0.338 e. The number of amides is 2. The van der Waals surface area contributed by atoms with Gasteiger partial charge in [0.2, 0.25) is 0 Å². The number of rotatable bonds is 8. The van der Waals surface area contributed by atoms with Crippen molar-refractivity contribution in [3.05, 3.63) is 100 Å². The third-order valence-electron chi connectivity index (χ3n) is 5.44. The normalized spacial score (nSPS) is 15.2. The molecule has 2 amide bonds. The fraction of sp³-hybridized carbons (Fsp3) is 0.185. The van der Waals surface area contributed by atoms with Crippen molar-refractivity contribution in [1.29, 1.82) is 0 Å². The number of esters is 1. The van der Waals surface area contributed by atoms with E-state index in [1.807, 2.05) is 42.5 Å². The van der Waals surface area contributed by atoms with Crippen LogP contribution >= 0.6 is 11.6 Å². The van der Waals surface area contributed by atoms with Gasteiger partial charge in [0.1, 0.15) is 6.61 Å². The molecule has 1 atom stereocenters. The highest BCUT2D eigenvalue weighted by Gasteiger charge is 2.36. The lowest BCUT2D eigenvalue weighted by molar-refractivity contribution is -0.138. The molecule has 1 aliphatic heterocycles. The van der Waals surface area contributed by atoms with Crippen molar-refractivity contribution in [1.82, 2.24) is 10.6 Å². The molecule has 4 rings (SSSR count). The first-order valence-corrected chi connectivity index (χ1v) is 11.5. The standard InChI is InChI=1S/C27H25ClN2O5/c1-3-34-26(31)22-23(18-10-5-4-6-11-18)29-27(32)30-24(22)20-13-8-14-21(33-2)25(20)35-16-17-9-7-12-19(28)15-17/h4-15,24H,3,16H2,1-2H3,(H2,29,30,32). The highest BCUT2D eigenvalue weighted by Crippen LogP contribution is 2.41. The Morgan fingerprint density at radius 1 is 1.03 bits per heavy atom. The summed E-state index contributed by atoms with van der Waals surface area (Å²) in [5, 5.41) is 6.23. The van der Waals surface area contributed by atoms with E-state index in [9.17, 15) is 9.59 Å². The molecule has 2 N–H and O–H groups in total. The van der Waals surface area contributed by atoms with Crippen molar-refractivity contribution < 1.29 is 23.8 Å². The van der Waals surface area contributed by atoms with Crippen LogP contribution in [0.25, 0.3) is 5.70 Å². The fourth-order valence-electron chi connectivity index (χ4n) is 3.92. The molecule has 0 radical (unpaired) electrons. The number of carbonyl (C=O) groups is 2. The van der Waals surface area contributed by atoms with Crippen molar-refractivity contribution >= 4 is 29.3 Å². The number of halogens is 1. The fourth-order valence-corrected chi connectivity index (χ4v) is 4.13. The molecule has 8 heteroatoms. The lowest BCUT2D eigenvalue weighted by Crippen LogP contribution is -2.45. The summed E-state index contributed by atoms with van der Waals surface area (Å²) in [6, 6.07) is 20.5. The van der Waals surface area contributed by atoms with Crippen molar-refractivity contribution in [3.63, 3.8) is 0 Å². The van der Waals surface area contributed by atoms with Crippen LogP contribution in [0.4, 0.5) is 4.79 Å². The molecule has 0 saturated carbocycles. The van der Waals surface area contributed by atoms with Crippen molar-refractivity contribution in [2.24, 2.45) is 0 Å². The molecule has 180 valence electrons. The van der Waals surface area contributed by atoms with Crippen molar-refractivity contribution in [2.75, 3.05) is 13.7 Å². The minimum absolute atomic E-state index is 0.182. The molecule has 0 aliphatic carbocycles. The Kier molecular flexibility index (Phi) is 7.57. The van der Waals surface area contributed by atoms with Gasteiger partial charge in [-0.15, -0.1) is 0 Å². The van der Waals surface area contributed by atoms with Crippen LogP contribution in [-0.4, -0.2) is 25.7 Å². The van der Waals surface area contributed by atoms with Crippen LogP contribution in [0.3, 0.4) is 0 Å². The summed E-state index contributed by atoms with van der Waals surface area (Å²) < 4.78 is 17.1. The van der Waals surface area contributed by atoms with Gasteiger partial charge >= 0.3 is 12.0 Å². The lowest BCUT2D eigenvalue weighted by Gasteiger charge is -2.30. The monoisotopic (exact) mass is 492 g/mol. The third-order valence-corrected chi connectivity index (χ3v) is 5.68. The topological polar surface area (TPSA) is 85.9 Å². The summed E-state index contributed by atoms with van der Waals surface area (Å²) >= 11 is 6.12. The summed E-state index contributed by atoms with van der Waals surface area (Å²) in [6.07, 6.45) is 0. The van der Waals surface area contributed by atoms with Crippen LogP contribution in [-0.2, 0) is 16.1 Å². The molecular formula is C27H25ClN2O5. The summed E-state index contributed by atoms with van der Waals surface area (Å²) in [5.41, 5.74) is 2.73. The van der Waals surface area contributed by atoms with Gasteiger partial charge in [0.05, 0.1) is 31.0 Å². The molecule has 1 heterocycles. The van der Waals surface area contributed by atoms with Gasteiger partial charge in [-0.05, 0) is 36.2 Å². The maximum atomic E-state index is 13.2. The zero-order valence-electron chi connectivity index (χ0n) is 19.3. The number of carbonyl (C=O) groups excluding carboxylic acids is 2. The van der Waals surface area contributed by atoms with E-state index in [-0.39, 0.29) is 18.8 Å². The predicted octanol–water partition coefficient (Wildman–Crippen LogP) is 5.26. The number of nitrogens with one attached hydrogen (secondary N) is 2. The number of para-hydroxylation sites is 1. The molecule has 3 aromatic rings. The zero-order chi connectivity index (χ0) is 24.8. The summed E-state index contributed by atoms with van der Waals surface area (Å²) in [5.74, 6) is 0.311. The van der Waals surface area contributed by atoms with E-state index >= 15 is 0 Å². The number of methoxy groups -OCH3 is 1. The zero-order valence-corrected chi connectivity index (χ0v) is 20.1. The third kappa shape index (κ3) is 5.41. The Morgan fingerprint density at radius 2 is 1.80 bits per heavy atom. The van der Waals surface area contributed by atoms with Crippen LogP contribution in [0.2, 0.25) is 5.02 Å². The molecule has 0 bridgehead atoms. The van der Waals surface area contributed by atoms with Gasteiger partial charge < -0.3 is 24.8 Å². The molecule has 35 heavy (non-hydrogen) atoms. The molecular weight excluding hydrogens is 468 g/mol. The molecule has 3 aromatic carbocycles. The molecule has 0 spiro atoms. The van der Waals surface area contributed by atoms with Gasteiger partial charge in [-0.3, -0.25) is 0 Å². The highest BCUT2D eigenvalue weighted by atomic mass is 35.5. The molecule has 0 aromatic heterocycles. The average molecular weight is 493 g/mol. The molecule has 0 fully saturated rings. The van der Waals surface area contributed by atoms with Crippen LogP contribution in [0.15, 0.2) is 78.4 Å². The second kappa shape index (κ2) is 11.0. The van der Waals surface area contributed by atoms with Crippen LogP contribution in [0.1, 0.15) is 29.7 Å². The van der Waals surface area contributed by atoms with E-state index in [1.165, 1.54) is 7.11 Å². The summed E-state index contributed by atoms with van der Waals surface area (Å²) in [4.78, 5) is 25.9. The highest BCUT2D eigenvalue weighted by molar-refractivity contribution is 6.30. The van der Waals surface area contributed by atoms with E-state index in [0.29, 0.717) is 33.3 Å². The second-order valence-corrected chi connectivity index (χ2v) is 8.14. The van der Waals surface area contributed by atoms with E-state index in [1.54, 1.807) is 37.3 Å². The summed E-state index contributed by atoms with van der Waals surface area (Å²) in [7, 11) is 1.53. The molecule has 1 unspecified atom stereocenters. The van der Waals surface area contributed by atoms with Gasteiger partial charge in [0, 0.05) is 10.6 Å². The molecule has 0 saturated heterocycles. The number of hydrogen-bond acceptors (Lipinski definition) is 5. The Labute approximate surface area is 208 Å². The van der Waals surface area contributed by atoms with Gasteiger partial charge in [0.15, 0.2) is 11.5 Å². The first-order chi connectivity index (χ1) is 17.0. The van der Waals surface area contributed by atoms with E-state index in [2.05, 4.69) is 10.6 Å². The van der Waals surface area contributed by atoms with E-state index in [4.69, 9.17) is 25.8 Å². The SMILES string of the molecule is CCOC(=O)C1=C(c2ccccc2)NC(=O)NC1c1cccc(OC)c1OCc1cccc(Cl)c1. The quantitative estimate of drug-likeness (QED) is 0.419. The van der Waals surface area contributed by atoms with Crippen molar-refractivity contribution in [3.8, 4) is 11.5 Å². The largest absolute Gasteiger partial charge is 0.493 e. The molecule has 1 aliphatic rings. The maximum absolute atomic E-state index is 13.2. The number of benzene rings is 3. The van der Waals surface area contributed by atoms with Crippen LogP contribution < -0.4 is 20.1 Å². The first-order valence-electron chi connectivity index (χ1n) is 11.1. The minimum Gasteiger partial charge on any atom is -0.493 e. The number of hydrogen-bond donors (Lipinski definition) is 2. The maximum Gasteiger partial charge on any atom is 0.338 e. The van der Waals surface area contributed by atoms with Gasteiger partial charge in [0.25, 0.3) is 0 Å². The Bertz CT molecular complexity index is 1260.